The number of aliphatic imine (C=N–C) groups is 2. The molecule has 5 rings (SSSR count). The molecule has 31 heavy (non-hydrogen) atoms. The second kappa shape index (κ2) is 9.09. The monoisotopic (exact) mass is 421 g/mol. The van der Waals surface area contributed by atoms with E-state index in [4.69, 9.17) is 14.2 Å². The lowest BCUT2D eigenvalue weighted by Crippen LogP contribution is -2.37. The average Bonchev–Trinajstić information content (AvgIpc) is 3.49. The normalized spacial score (nSPS) is 16.6. The number of aromatic nitrogens is 4. The van der Waals surface area contributed by atoms with Crippen LogP contribution in [0.25, 0.3) is 10.9 Å². The van der Waals surface area contributed by atoms with Crippen molar-refractivity contribution in [3.05, 3.63) is 41.9 Å². The molecule has 2 aromatic heterocycles. The predicted octanol–water partition coefficient (Wildman–Crippen LogP) is 1.62. The van der Waals surface area contributed by atoms with Crippen molar-refractivity contribution in [3.63, 3.8) is 0 Å². The summed E-state index contributed by atoms with van der Waals surface area (Å²) in [5, 5.41) is 1.12. The molecule has 0 atom stereocenters. The highest BCUT2D eigenvalue weighted by molar-refractivity contribution is 5.98. The first-order valence-corrected chi connectivity index (χ1v) is 10.3. The number of nitrogens with one attached hydrogen (secondary N) is 1. The Kier molecular flexibility index (Phi) is 5.70. The summed E-state index contributed by atoms with van der Waals surface area (Å²) in [5.74, 6) is 1.67. The van der Waals surface area contributed by atoms with Crippen molar-refractivity contribution in [2.75, 3.05) is 51.0 Å². The van der Waals surface area contributed by atoms with E-state index in [1.54, 1.807) is 0 Å². The van der Waals surface area contributed by atoms with Crippen LogP contribution in [0.4, 0.5) is 5.95 Å². The Morgan fingerprint density at radius 2 is 2.03 bits per heavy atom. The number of para-hydroxylation sites is 1. The lowest BCUT2D eigenvalue weighted by molar-refractivity contribution is 0.122. The molecule has 2 aliphatic heterocycles. The molecular formula is C21H23N7O3. The number of hydrogen-bond donors (Lipinski definition) is 1. The van der Waals surface area contributed by atoms with Gasteiger partial charge in [-0.25, -0.2) is 4.99 Å². The Bertz CT molecular complexity index is 1110. The molecule has 0 saturated carbocycles. The summed E-state index contributed by atoms with van der Waals surface area (Å²) in [7, 11) is 0. The molecule has 10 heteroatoms. The van der Waals surface area contributed by atoms with Crippen LogP contribution in [0.5, 0.6) is 6.01 Å². The Labute approximate surface area is 179 Å². The number of H-pyrrole nitrogens is 1. The number of nitrogens with zero attached hydrogens (tertiary/aromatic N) is 6. The lowest BCUT2D eigenvalue weighted by atomic mass is 10.2. The molecule has 0 aliphatic carbocycles. The Morgan fingerprint density at radius 3 is 2.90 bits per heavy atom. The zero-order chi connectivity index (χ0) is 20.9. The zero-order valence-corrected chi connectivity index (χ0v) is 17.0. The molecule has 1 aromatic carbocycles. The molecule has 2 aliphatic rings. The maximum Gasteiger partial charge on any atom is 0.322 e. The lowest BCUT2D eigenvalue weighted by Gasteiger charge is -2.26. The molecule has 10 nitrogen and oxygen atoms in total. The first-order valence-electron chi connectivity index (χ1n) is 10.3. The Morgan fingerprint density at radius 1 is 1.13 bits per heavy atom. The maximum absolute atomic E-state index is 5.74. The van der Waals surface area contributed by atoms with E-state index in [-0.39, 0.29) is 12.6 Å². The highest BCUT2D eigenvalue weighted by Gasteiger charge is 2.18. The van der Waals surface area contributed by atoms with Gasteiger partial charge in [0, 0.05) is 42.0 Å². The molecule has 0 bridgehead atoms. The maximum atomic E-state index is 5.74. The van der Waals surface area contributed by atoms with E-state index >= 15 is 0 Å². The second-order valence-corrected chi connectivity index (χ2v) is 7.11. The van der Waals surface area contributed by atoms with Gasteiger partial charge in [-0.15, -0.1) is 0 Å². The molecule has 3 aromatic rings. The van der Waals surface area contributed by atoms with Crippen molar-refractivity contribution < 1.29 is 14.2 Å². The minimum atomic E-state index is 0.199. The van der Waals surface area contributed by atoms with E-state index in [1.165, 1.54) is 0 Å². The third kappa shape index (κ3) is 4.64. The summed E-state index contributed by atoms with van der Waals surface area (Å²) in [6.07, 6.45) is 3.77. The van der Waals surface area contributed by atoms with E-state index in [9.17, 15) is 0 Å². The van der Waals surface area contributed by atoms with E-state index in [0.29, 0.717) is 50.6 Å². The van der Waals surface area contributed by atoms with Gasteiger partial charge in [0.25, 0.3) is 0 Å². The second-order valence-electron chi connectivity index (χ2n) is 7.11. The molecule has 4 heterocycles. The fourth-order valence-corrected chi connectivity index (χ4v) is 3.45. The SMILES string of the molecule is C(=NCc1nc(OCC2=NCCO2)nc(N2CCOCC2)n1)c1c[nH]c2ccccc12. The van der Waals surface area contributed by atoms with Gasteiger partial charge in [-0.3, -0.25) is 4.99 Å². The van der Waals surface area contributed by atoms with Gasteiger partial charge in [-0.05, 0) is 6.07 Å². The molecule has 1 saturated heterocycles. The van der Waals surface area contributed by atoms with Crippen molar-refractivity contribution in [3.8, 4) is 6.01 Å². The van der Waals surface area contributed by atoms with Crippen LogP contribution < -0.4 is 9.64 Å². The van der Waals surface area contributed by atoms with Gasteiger partial charge in [-0.1, -0.05) is 18.2 Å². The summed E-state index contributed by atoms with van der Waals surface area (Å²) in [5.41, 5.74) is 2.09. The fourth-order valence-electron chi connectivity index (χ4n) is 3.45. The number of aromatic amines is 1. The van der Waals surface area contributed by atoms with Crippen molar-refractivity contribution in [2.45, 2.75) is 6.54 Å². The highest BCUT2D eigenvalue weighted by Crippen LogP contribution is 2.17. The summed E-state index contributed by atoms with van der Waals surface area (Å²) >= 11 is 0. The van der Waals surface area contributed by atoms with Crippen molar-refractivity contribution >= 4 is 29.0 Å². The average molecular weight is 421 g/mol. The summed E-state index contributed by atoms with van der Waals surface area (Å²) in [4.78, 5) is 27.6. The number of fused-ring (bicyclic) bond motifs is 1. The standard InChI is InChI=1S/C21H23N7O3/c1-2-4-17-16(3-1)15(12-24-17)11-22-13-18-25-20(28-6-9-29-10-7-28)27-21(26-18)31-14-19-23-5-8-30-19/h1-4,11-12,24H,5-10,13-14H2. The smallest absolute Gasteiger partial charge is 0.322 e. The quantitative estimate of drug-likeness (QED) is 0.577. The van der Waals surface area contributed by atoms with Crippen LogP contribution in [0.1, 0.15) is 11.4 Å². The van der Waals surface area contributed by atoms with Crippen LogP contribution in [-0.2, 0) is 16.0 Å². The van der Waals surface area contributed by atoms with E-state index in [0.717, 1.165) is 29.6 Å². The van der Waals surface area contributed by atoms with E-state index in [1.807, 2.05) is 30.6 Å². The number of ether oxygens (including phenoxy) is 3. The van der Waals surface area contributed by atoms with E-state index in [2.05, 4.69) is 40.9 Å². The molecule has 1 fully saturated rings. The van der Waals surface area contributed by atoms with Crippen LogP contribution >= 0.6 is 0 Å². The first-order chi connectivity index (χ1) is 15.3. The van der Waals surface area contributed by atoms with Gasteiger partial charge in [0.15, 0.2) is 12.4 Å². The highest BCUT2D eigenvalue weighted by atomic mass is 16.5. The molecule has 0 spiro atoms. The number of anilines is 1. The minimum absolute atomic E-state index is 0.199. The molecule has 0 radical (unpaired) electrons. The molecule has 0 unspecified atom stereocenters. The molecule has 160 valence electrons. The van der Waals surface area contributed by atoms with Gasteiger partial charge >= 0.3 is 6.01 Å². The summed E-state index contributed by atoms with van der Waals surface area (Å²) < 4.78 is 16.6. The molecule has 1 N–H and O–H groups in total. The van der Waals surface area contributed by atoms with Crippen molar-refractivity contribution in [1.82, 2.24) is 19.9 Å². The van der Waals surface area contributed by atoms with Crippen LogP contribution in [0, 0.1) is 0 Å². The molecular weight excluding hydrogens is 398 g/mol. The van der Waals surface area contributed by atoms with E-state index < -0.39 is 0 Å². The third-order valence-electron chi connectivity index (χ3n) is 5.00. The topological polar surface area (TPSA) is 110 Å². The van der Waals surface area contributed by atoms with Crippen LogP contribution in [0.2, 0.25) is 0 Å². The first kappa shape index (κ1) is 19.4. The van der Waals surface area contributed by atoms with Gasteiger partial charge in [0.2, 0.25) is 11.8 Å². The third-order valence-corrected chi connectivity index (χ3v) is 5.00. The van der Waals surface area contributed by atoms with Crippen LogP contribution in [-0.4, -0.2) is 78.1 Å². The number of rotatable bonds is 7. The largest absolute Gasteiger partial charge is 0.477 e. The van der Waals surface area contributed by atoms with Gasteiger partial charge in [0.1, 0.15) is 6.61 Å². The van der Waals surface area contributed by atoms with Crippen molar-refractivity contribution in [1.29, 1.82) is 0 Å². The predicted molar refractivity (Wildman–Crippen MR) is 116 cm³/mol. The number of morpholine rings is 1. The van der Waals surface area contributed by atoms with Crippen molar-refractivity contribution in [2.24, 2.45) is 9.98 Å². The Hall–Kier alpha value is -3.53. The Balaban J connectivity index is 1.34. The minimum Gasteiger partial charge on any atom is -0.477 e. The zero-order valence-electron chi connectivity index (χ0n) is 17.0. The van der Waals surface area contributed by atoms with Gasteiger partial charge in [0.05, 0.1) is 26.3 Å². The van der Waals surface area contributed by atoms with Crippen LogP contribution in [0.15, 0.2) is 40.4 Å². The van der Waals surface area contributed by atoms with Gasteiger partial charge < -0.3 is 24.1 Å². The summed E-state index contributed by atoms with van der Waals surface area (Å²) in [6.45, 7) is 4.47. The number of hydrogen-bond acceptors (Lipinski definition) is 9. The number of benzene rings is 1. The molecule has 0 amide bonds. The summed E-state index contributed by atoms with van der Waals surface area (Å²) in [6, 6.07) is 8.35. The van der Waals surface area contributed by atoms with Gasteiger partial charge in [-0.2, -0.15) is 15.0 Å². The van der Waals surface area contributed by atoms with Crippen LogP contribution in [0.3, 0.4) is 0 Å². The fraction of sp³-hybridized carbons (Fsp3) is 0.381.